The first-order valence-electron chi connectivity index (χ1n) is 7.50. The number of nitrogens with two attached hydrogens (primary N) is 1. The van der Waals surface area contributed by atoms with Gasteiger partial charge in [0, 0.05) is 31.7 Å². The monoisotopic (exact) mass is 316 g/mol. The normalized spacial score (nSPS) is 18.7. The van der Waals surface area contributed by atoms with Gasteiger partial charge in [0.2, 0.25) is 0 Å². The lowest BCUT2D eigenvalue weighted by molar-refractivity contribution is 0.190. The molecule has 0 aliphatic carbocycles. The molecular weight excluding hydrogens is 296 g/mol. The minimum Gasteiger partial charge on any atom is -0.352 e. The summed E-state index contributed by atoms with van der Waals surface area (Å²) in [5.41, 5.74) is 6.85. The lowest BCUT2D eigenvalue weighted by Gasteiger charge is -2.30. The third-order valence-corrected chi connectivity index (χ3v) is 3.92. The van der Waals surface area contributed by atoms with Crippen LogP contribution in [0.25, 0.3) is 11.5 Å². The highest BCUT2D eigenvalue weighted by Crippen LogP contribution is 2.23. The molecule has 8 nitrogen and oxygen atoms in total. The average Bonchev–Trinajstić information content (AvgIpc) is 3.03. The molecule has 2 heterocycles. The molecule has 1 unspecified atom stereocenters. The molecular formula is C15H20N6O2. The van der Waals surface area contributed by atoms with E-state index in [9.17, 15) is 4.79 Å². The second kappa shape index (κ2) is 6.76. The third kappa shape index (κ3) is 3.66. The summed E-state index contributed by atoms with van der Waals surface area (Å²) in [5, 5.41) is 9.99. The maximum atomic E-state index is 10.7. The summed E-state index contributed by atoms with van der Waals surface area (Å²) in [6.45, 7) is 3.13. The molecule has 1 aromatic heterocycles. The molecule has 1 aromatic carbocycles. The Labute approximate surface area is 134 Å². The van der Waals surface area contributed by atoms with E-state index in [4.69, 9.17) is 10.3 Å². The Bertz CT molecular complexity index is 669. The van der Waals surface area contributed by atoms with Crippen LogP contribution in [-0.4, -0.2) is 47.8 Å². The molecule has 4 N–H and O–H groups in total. The number of hydrogen-bond donors (Lipinski definition) is 3. The fraction of sp³-hybridized carbons (Fsp3) is 0.400. The third-order valence-electron chi connectivity index (χ3n) is 3.92. The Morgan fingerprint density at radius 1 is 1.48 bits per heavy atom. The maximum absolute atomic E-state index is 10.7. The molecule has 1 aliphatic rings. The zero-order valence-electron chi connectivity index (χ0n) is 13.0. The van der Waals surface area contributed by atoms with E-state index < -0.39 is 6.03 Å². The van der Waals surface area contributed by atoms with Crippen molar-refractivity contribution in [1.82, 2.24) is 25.7 Å². The van der Waals surface area contributed by atoms with Crippen molar-refractivity contribution < 1.29 is 9.32 Å². The fourth-order valence-corrected chi connectivity index (χ4v) is 2.54. The Morgan fingerprint density at radius 3 is 2.96 bits per heavy atom. The van der Waals surface area contributed by atoms with Gasteiger partial charge in [-0.05, 0) is 24.7 Å². The van der Waals surface area contributed by atoms with E-state index in [0.717, 1.165) is 30.8 Å². The summed E-state index contributed by atoms with van der Waals surface area (Å²) in [4.78, 5) is 17.4. The van der Waals surface area contributed by atoms with Crippen LogP contribution in [0.1, 0.15) is 17.4 Å². The lowest BCUT2D eigenvalue weighted by Crippen LogP contribution is -2.44. The zero-order chi connectivity index (χ0) is 16.2. The van der Waals surface area contributed by atoms with Crippen molar-refractivity contribution in [2.45, 2.75) is 12.6 Å². The summed E-state index contributed by atoms with van der Waals surface area (Å²) in [7, 11) is 2.06. The number of piperazine rings is 1. The van der Waals surface area contributed by atoms with Crippen LogP contribution >= 0.6 is 0 Å². The van der Waals surface area contributed by atoms with E-state index in [1.807, 2.05) is 24.3 Å². The van der Waals surface area contributed by atoms with Crippen molar-refractivity contribution in [3.63, 3.8) is 0 Å². The molecule has 0 spiro atoms. The van der Waals surface area contributed by atoms with Crippen LogP contribution in [0.15, 0.2) is 28.8 Å². The van der Waals surface area contributed by atoms with Crippen LogP contribution < -0.4 is 16.4 Å². The second-order valence-corrected chi connectivity index (χ2v) is 5.57. The van der Waals surface area contributed by atoms with Crippen molar-refractivity contribution in [1.29, 1.82) is 0 Å². The van der Waals surface area contributed by atoms with E-state index in [0.29, 0.717) is 18.3 Å². The van der Waals surface area contributed by atoms with Crippen LogP contribution in [-0.2, 0) is 6.54 Å². The van der Waals surface area contributed by atoms with Crippen molar-refractivity contribution in [2.24, 2.45) is 5.73 Å². The molecule has 1 atom stereocenters. The molecule has 0 radical (unpaired) electrons. The molecule has 0 bridgehead atoms. The van der Waals surface area contributed by atoms with Gasteiger partial charge < -0.3 is 20.9 Å². The van der Waals surface area contributed by atoms with Gasteiger partial charge in [0.1, 0.15) is 0 Å². The number of likely N-dealkylation sites (N-methyl/N-ethyl adjacent to an activating group) is 1. The Kier molecular flexibility index (Phi) is 4.54. The number of nitrogens with zero attached hydrogens (tertiary/aromatic N) is 3. The van der Waals surface area contributed by atoms with Crippen LogP contribution in [0.3, 0.4) is 0 Å². The maximum Gasteiger partial charge on any atom is 0.312 e. The number of primary amides is 1. The topological polar surface area (TPSA) is 109 Å². The first kappa shape index (κ1) is 15.4. The minimum absolute atomic E-state index is 0.125. The lowest BCUT2D eigenvalue weighted by atomic mass is 10.1. The minimum atomic E-state index is -0.541. The van der Waals surface area contributed by atoms with Gasteiger partial charge in [-0.1, -0.05) is 17.3 Å². The van der Waals surface area contributed by atoms with Gasteiger partial charge in [0.25, 0.3) is 5.89 Å². The highest BCUT2D eigenvalue weighted by Gasteiger charge is 2.25. The number of rotatable bonds is 4. The van der Waals surface area contributed by atoms with E-state index in [2.05, 4.69) is 32.7 Å². The molecule has 1 saturated heterocycles. The fourth-order valence-electron chi connectivity index (χ4n) is 2.54. The molecule has 3 rings (SSSR count). The van der Waals surface area contributed by atoms with Crippen molar-refractivity contribution in [2.75, 3.05) is 26.7 Å². The van der Waals surface area contributed by atoms with E-state index in [1.54, 1.807) is 0 Å². The molecule has 1 aliphatic heterocycles. The summed E-state index contributed by atoms with van der Waals surface area (Å²) < 4.78 is 5.39. The van der Waals surface area contributed by atoms with Gasteiger partial charge in [0.05, 0.1) is 6.04 Å². The van der Waals surface area contributed by atoms with Crippen molar-refractivity contribution in [3.8, 4) is 11.5 Å². The standard InChI is InChI=1S/C15H20N6O2/c1-21-7-6-17-9-12(21)13-19-14(23-20-13)11-4-2-10(3-5-11)8-18-15(16)22/h2-5,12,17H,6-9H2,1H3,(H3,16,18,22). The van der Waals surface area contributed by atoms with E-state index >= 15 is 0 Å². The first-order chi connectivity index (χ1) is 11.1. The first-order valence-corrected chi connectivity index (χ1v) is 7.50. The highest BCUT2D eigenvalue weighted by atomic mass is 16.5. The number of urea groups is 1. The summed E-state index contributed by atoms with van der Waals surface area (Å²) >= 11 is 0. The van der Waals surface area contributed by atoms with Gasteiger partial charge in [-0.3, -0.25) is 4.90 Å². The highest BCUT2D eigenvalue weighted by molar-refractivity contribution is 5.71. The predicted molar refractivity (Wildman–Crippen MR) is 84.4 cm³/mol. The summed E-state index contributed by atoms with van der Waals surface area (Å²) in [6.07, 6.45) is 0. The number of benzene rings is 1. The van der Waals surface area contributed by atoms with E-state index in [-0.39, 0.29) is 6.04 Å². The van der Waals surface area contributed by atoms with E-state index in [1.165, 1.54) is 0 Å². The molecule has 23 heavy (non-hydrogen) atoms. The van der Waals surface area contributed by atoms with Gasteiger partial charge >= 0.3 is 6.03 Å². The van der Waals surface area contributed by atoms with Crippen LogP contribution in [0.4, 0.5) is 4.79 Å². The number of hydrogen-bond acceptors (Lipinski definition) is 6. The van der Waals surface area contributed by atoms with Crippen molar-refractivity contribution in [3.05, 3.63) is 35.7 Å². The second-order valence-electron chi connectivity index (χ2n) is 5.57. The number of carbonyl (C=O) groups is 1. The Balaban J connectivity index is 1.71. The van der Waals surface area contributed by atoms with Crippen LogP contribution in [0.5, 0.6) is 0 Å². The van der Waals surface area contributed by atoms with Crippen LogP contribution in [0.2, 0.25) is 0 Å². The van der Waals surface area contributed by atoms with Crippen molar-refractivity contribution >= 4 is 6.03 Å². The molecule has 122 valence electrons. The predicted octanol–water partition coefficient (Wildman–Crippen LogP) is 0.481. The quantitative estimate of drug-likeness (QED) is 0.757. The average molecular weight is 316 g/mol. The Hall–Kier alpha value is -2.45. The number of nitrogens with one attached hydrogen (secondary N) is 2. The summed E-state index contributed by atoms with van der Waals surface area (Å²) in [6, 6.07) is 7.14. The SMILES string of the molecule is CN1CCNCC1c1noc(-c2ccc(CNC(N)=O)cc2)n1. The molecule has 0 saturated carbocycles. The smallest absolute Gasteiger partial charge is 0.312 e. The molecule has 1 fully saturated rings. The van der Waals surface area contributed by atoms with Gasteiger partial charge in [-0.2, -0.15) is 4.98 Å². The van der Waals surface area contributed by atoms with Gasteiger partial charge in [-0.25, -0.2) is 4.79 Å². The zero-order valence-corrected chi connectivity index (χ0v) is 13.0. The van der Waals surface area contributed by atoms with Gasteiger partial charge in [0.15, 0.2) is 5.82 Å². The molecule has 2 aromatic rings. The molecule has 2 amide bonds. The molecule has 8 heteroatoms. The number of amides is 2. The Morgan fingerprint density at radius 2 is 2.26 bits per heavy atom. The largest absolute Gasteiger partial charge is 0.352 e. The number of carbonyl (C=O) groups excluding carboxylic acids is 1. The van der Waals surface area contributed by atoms with Gasteiger partial charge in [-0.15, -0.1) is 0 Å². The van der Waals surface area contributed by atoms with Crippen LogP contribution in [0, 0.1) is 0 Å². The number of aromatic nitrogens is 2. The summed E-state index contributed by atoms with van der Waals surface area (Å²) in [5.74, 6) is 1.18.